The molecule has 3 aromatic carbocycles. The molecule has 0 spiro atoms. The van der Waals surface area contributed by atoms with Crippen molar-refractivity contribution < 1.29 is 97.7 Å². The highest BCUT2D eigenvalue weighted by atomic mass is 32.2. The van der Waals surface area contributed by atoms with E-state index < -0.39 is 177 Å². The number of hydrogen-bond acceptors (Lipinski definition) is 24. The van der Waals surface area contributed by atoms with Gasteiger partial charge in [-0.25, -0.2) is 5.26 Å². The Balaban J connectivity index is 1.12. The number of phenols is 1. The predicted octanol–water partition coefficient (Wildman–Crippen LogP) is -1.41. The number of methoxy groups -OCH3 is 1. The number of amides is 8. The van der Waals surface area contributed by atoms with Crippen molar-refractivity contribution in [1.29, 1.82) is 0 Å². The quantitative estimate of drug-likeness (QED) is 0.0161. The summed E-state index contributed by atoms with van der Waals surface area (Å²) in [4.78, 5) is 121. The Morgan fingerprint density at radius 3 is 1.99 bits per heavy atom. The summed E-state index contributed by atoms with van der Waals surface area (Å²) in [5.41, 5.74) is 7.52. The van der Waals surface area contributed by atoms with Crippen molar-refractivity contribution in [2.24, 2.45) is 11.7 Å². The van der Waals surface area contributed by atoms with Crippen molar-refractivity contribution >= 4 is 82.7 Å². The molecule has 7 rings (SSSR count). The molecule has 3 aromatic rings. The van der Waals surface area contributed by atoms with Gasteiger partial charge >= 0.3 is 0 Å². The molecule has 15 N–H and O–H groups in total. The summed E-state index contributed by atoms with van der Waals surface area (Å²) in [7, 11) is 1.72. The molecule has 32 heteroatoms. The minimum atomic E-state index is -2.21. The zero-order valence-corrected chi connectivity index (χ0v) is 52.9. The van der Waals surface area contributed by atoms with Gasteiger partial charge in [0.2, 0.25) is 41.4 Å². The van der Waals surface area contributed by atoms with E-state index in [-0.39, 0.29) is 29.2 Å². The summed E-state index contributed by atoms with van der Waals surface area (Å²) in [6.45, 7) is 4.54. The van der Waals surface area contributed by atoms with E-state index in [1.165, 1.54) is 37.1 Å². The van der Waals surface area contributed by atoms with Crippen LogP contribution in [0.25, 0.3) is 0 Å². The number of nitrogens with zero attached hydrogens (tertiary/aromatic N) is 4. The molecule has 0 bridgehead atoms. The molecule has 13 unspecified atom stereocenters. The summed E-state index contributed by atoms with van der Waals surface area (Å²) in [5, 5.41) is 103. The Hall–Kier alpha value is -7.08. The number of nitrogens with two attached hydrogens (primary N) is 1. The fourth-order valence-electron chi connectivity index (χ4n) is 11.5. The number of nitrogens with one attached hydrogen (secondary N) is 5. The molecule has 4 heterocycles. The number of carbonyl (C=O) groups excluding carboxylic acids is 8. The van der Waals surface area contributed by atoms with Crippen LogP contribution < -0.4 is 46.3 Å². The molecule has 8 amide bonds. The van der Waals surface area contributed by atoms with Gasteiger partial charge in [0.15, 0.2) is 11.5 Å². The molecule has 92 heavy (non-hydrogen) atoms. The first-order chi connectivity index (χ1) is 44.0. The highest BCUT2D eigenvalue weighted by Crippen LogP contribution is 2.32. The number of thioether (sulfide) groups is 1. The van der Waals surface area contributed by atoms with E-state index in [1.807, 2.05) is 11.8 Å². The predicted molar refractivity (Wildman–Crippen MR) is 333 cm³/mol. The van der Waals surface area contributed by atoms with Gasteiger partial charge in [-0.3, -0.25) is 38.4 Å². The molecular weight excluding hydrogens is 1240 g/mol. The number of β-amino-alcohol motifs (C(OH)–C–C–N with tert-alkyl or cyclic N) is 1. The molecule has 4 aliphatic rings. The van der Waals surface area contributed by atoms with E-state index in [4.69, 9.17) is 19.9 Å². The molecule has 4 aliphatic heterocycles. The number of phenolic OH excluding ortho intramolecular Hbond substituents is 1. The van der Waals surface area contributed by atoms with Crippen molar-refractivity contribution in [3.63, 3.8) is 0 Å². The average Bonchev–Trinajstić information content (AvgIpc) is 1.61. The number of piperazine rings is 1. The van der Waals surface area contributed by atoms with Gasteiger partial charge < -0.3 is 96.6 Å². The topological polar surface area (TPSA) is 434 Å². The maximum absolute atomic E-state index is 14.7. The van der Waals surface area contributed by atoms with Crippen LogP contribution in [-0.2, 0) is 54.1 Å². The van der Waals surface area contributed by atoms with Crippen molar-refractivity contribution in [3.05, 3.63) is 77.9 Å². The number of rotatable bonds is 24. The number of primary amides is 1. The van der Waals surface area contributed by atoms with Crippen LogP contribution in [-0.4, -0.2) is 236 Å². The number of hydrogen-bond donors (Lipinski definition) is 14. The van der Waals surface area contributed by atoms with Gasteiger partial charge in [-0.1, -0.05) is 41.6 Å². The van der Waals surface area contributed by atoms with Crippen molar-refractivity contribution in [3.8, 4) is 11.5 Å². The van der Waals surface area contributed by atoms with Gasteiger partial charge in [0, 0.05) is 107 Å². The molecule has 0 radical (unpaired) electrons. The number of fused-ring (bicyclic) bond motifs is 2. The Bertz CT molecular complexity index is 2990. The summed E-state index contributed by atoms with van der Waals surface area (Å²) < 4.78 is 14.4. The first-order valence-corrected chi connectivity index (χ1v) is 32.1. The van der Waals surface area contributed by atoms with E-state index >= 15 is 0 Å². The lowest BCUT2D eigenvalue weighted by Crippen LogP contribution is -2.64. The maximum Gasteiger partial charge on any atom is 0.261 e. The van der Waals surface area contributed by atoms with Gasteiger partial charge in [0.25, 0.3) is 18.2 Å². The van der Waals surface area contributed by atoms with Gasteiger partial charge in [0.05, 0.1) is 43.0 Å². The first kappa shape index (κ1) is 72.3. The second kappa shape index (κ2) is 34.7. The van der Waals surface area contributed by atoms with Crippen LogP contribution in [0.5, 0.6) is 11.5 Å². The zero-order valence-electron chi connectivity index (χ0n) is 51.2. The largest absolute Gasteiger partial charge is 0.504 e. The monoisotopic (exact) mass is 1330 g/mol. The van der Waals surface area contributed by atoms with Crippen LogP contribution in [0.2, 0.25) is 0 Å². The Morgan fingerprint density at radius 1 is 0.728 bits per heavy atom. The Morgan fingerprint density at radius 2 is 1.35 bits per heavy atom. The molecule has 0 saturated carbocycles. The molecule has 0 aromatic heterocycles. The maximum atomic E-state index is 14.7. The molecule has 506 valence electrons. The number of anilines is 2. The molecule has 0 aliphatic carbocycles. The third-order valence-corrected chi connectivity index (χ3v) is 18.0. The van der Waals surface area contributed by atoms with Crippen molar-refractivity contribution in [2.75, 3.05) is 75.1 Å². The van der Waals surface area contributed by atoms with Gasteiger partial charge in [0.1, 0.15) is 36.3 Å². The van der Waals surface area contributed by atoms with E-state index in [1.54, 1.807) is 31.4 Å². The summed E-state index contributed by atoms with van der Waals surface area (Å²) in [6.07, 6.45) is -7.66. The molecular formula is C60H84N10O20S2. The lowest BCUT2D eigenvalue weighted by molar-refractivity contribution is -0.433. The van der Waals surface area contributed by atoms with Crippen LogP contribution in [0.3, 0.4) is 0 Å². The summed E-state index contributed by atoms with van der Waals surface area (Å²) in [5.74, 6) is -9.84. The standard InChI is InChI=1S/C60H84N10O20S2/c1-33-31-70-52(53(33)78)58(83)62-30-39(72)27-42(63-54(79)36-10-12-37(13-11-36)67-19-21-68(22-20-67)38-14-16-41(17-15-38)91-24-8-6-4-5-7-23-87-3)55(80)64-49(34(2)71)59(84)69-32-40(73)28-43(69)56(81)65-50(57(82)66-51(60(70)85)46(76)29-48(61)77)45(75)25-35-9-18-44(74)47(26-35)88-92-90-89-86/h9-18,26,33-34,39-40,42-43,45-46,49-53,71-76,78,86H,4-8,19-25,27-32H2,1-3H3,(H2,61,77)(H,62,83)(H,63,79)(H,64,80)(H,65,81)(H,66,82). The number of aromatic hydroxyl groups is 1. The highest BCUT2D eigenvalue weighted by molar-refractivity contribution is 7.99. The molecule has 13 atom stereocenters. The molecule has 30 nitrogen and oxygen atoms in total. The number of aliphatic hydroxyl groups excluding tert-OH is 6. The normalized spacial score (nSPS) is 25.7. The first-order valence-electron chi connectivity index (χ1n) is 30.4. The van der Waals surface area contributed by atoms with E-state index in [0.29, 0.717) is 13.1 Å². The van der Waals surface area contributed by atoms with Crippen LogP contribution in [0.1, 0.15) is 81.1 Å². The van der Waals surface area contributed by atoms with Gasteiger partial charge in [-0.05, 0) is 91.7 Å². The second-order valence-corrected chi connectivity index (χ2v) is 25.0. The number of aliphatic hydroxyl groups is 6. The minimum Gasteiger partial charge on any atom is -0.504 e. The van der Waals surface area contributed by atoms with Gasteiger partial charge in [-0.15, -0.1) is 11.8 Å². The zero-order chi connectivity index (χ0) is 66.8. The van der Waals surface area contributed by atoms with E-state index in [9.17, 15) is 74.1 Å². The van der Waals surface area contributed by atoms with Crippen molar-refractivity contribution in [1.82, 2.24) is 36.4 Å². The summed E-state index contributed by atoms with van der Waals surface area (Å²) in [6, 6.07) is 7.09. The lowest BCUT2D eigenvalue weighted by atomic mass is 9.98. The Labute approximate surface area is 540 Å². The number of ether oxygens (including phenoxy) is 1. The minimum absolute atomic E-state index is 0.0625. The SMILES string of the molecule is COCCCCCCCSc1ccc(N2CCN(c3ccc(C(=O)NC4CC(O)CNC(=O)C5C(O)C(C)CN5C(=O)C(C(O)CC(N)=O)NC(=O)C(C(O)Cc5ccc(O)c(OSOOO)c5)NC(=O)C5CC(O)CN5C(=O)C(C(C)O)NC4=O)cc3)CC2)cc1. The lowest BCUT2D eigenvalue weighted by Gasteiger charge is -2.37. The Kier molecular flexibility index (Phi) is 27.3. The number of unbranched alkanes of at least 4 members (excludes halogenated alkanes) is 4. The third-order valence-electron chi connectivity index (χ3n) is 16.5. The van der Waals surface area contributed by atoms with E-state index in [0.717, 1.165) is 78.5 Å². The van der Waals surface area contributed by atoms with Crippen LogP contribution in [0.4, 0.5) is 11.4 Å². The highest BCUT2D eigenvalue weighted by Gasteiger charge is 2.50. The van der Waals surface area contributed by atoms with Crippen LogP contribution in [0.15, 0.2) is 71.6 Å². The number of benzene rings is 3. The molecule has 4 fully saturated rings. The van der Waals surface area contributed by atoms with Crippen LogP contribution >= 0.6 is 24.1 Å². The fraction of sp³-hybridized carbons (Fsp3) is 0.567. The van der Waals surface area contributed by atoms with Crippen molar-refractivity contribution in [2.45, 2.75) is 149 Å². The smallest absolute Gasteiger partial charge is 0.261 e. The van der Waals surface area contributed by atoms with Crippen LogP contribution in [0, 0.1) is 5.92 Å². The fourth-order valence-corrected chi connectivity index (χ4v) is 12.7. The van der Waals surface area contributed by atoms with Gasteiger partial charge in [-0.2, -0.15) is 0 Å². The summed E-state index contributed by atoms with van der Waals surface area (Å²) >= 11 is 1.91. The second-order valence-electron chi connectivity index (χ2n) is 23.4. The average molecular weight is 1330 g/mol. The third kappa shape index (κ3) is 19.7. The number of carbonyl (C=O) groups is 8. The molecule has 4 saturated heterocycles. The van der Waals surface area contributed by atoms with E-state index in [2.05, 4.69) is 70.0 Å².